The van der Waals surface area contributed by atoms with Crippen LogP contribution in [0.4, 0.5) is 0 Å². The SMILES string of the molecule is CCCCC(=C=C(C)C)[C@@H]1N=C(OC)[C@H](C(C)C)N=C1OC. The topological polar surface area (TPSA) is 43.2 Å². The maximum absolute atomic E-state index is 5.54. The summed E-state index contributed by atoms with van der Waals surface area (Å²) < 4.78 is 11.0. The monoisotopic (exact) mass is 306 g/mol. The third-order valence-electron chi connectivity index (χ3n) is 3.60. The number of hydrogen-bond donors (Lipinski definition) is 0. The van der Waals surface area contributed by atoms with Gasteiger partial charge in [-0.15, -0.1) is 5.73 Å². The molecule has 0 aliphatic carbocycles. The Bertz CT molecular complexity index is 493. The van der Waals surface area contributed by atoms with Crippen LogP contribution < -0.4 is 0 Å². The van der Waals surface area contributed by atoms with Gasteiger partial charge in [0.15, 0.2) is 6.04 Å². The third kappa shape index (κ3) is 4.74. The minimum atomic E-state index is -0.212. The van der Waals surface area contributed by atoms with Gasteiger partial charge in [-0.3, -0.25) is 0 Å². The van der Waals surface area contributed by atoms with Crippen LogP contribution >= 0.6 is 0 Å². The van der Waals surface area contributed by atoms with E-state index < -0.39 is 0 Å². The Kier molecular flexibility index (Phi) is 7.40. The molecule has 0 aromatic rings. The predicted octanol–water partition coefficient (Wildman–Crippen LogP) is 4.16. The zero-order valence-electron chi connectivity index (χ0n) is 15.1. The fourth-order valence-corrected chi connectivity index (χ4v) is 2.48. The largest absolute Gasteiger partial charge is 0.483 e. The van der Waals surface area contributed by atoms with Gasteiger partial charge >= 0.3 is 0 Å². The number of methoxy groups -OCH3 is 2. The Hall–Kier alpha value is -1.54. The molecule has 0 bridgehead atoms. The van der Waals surface area contributed by atoms with Crippen LogP contribution in [0.1, 0.15) is 53.9 Å². The standard InChI is InChI=1S/C18H30N2O2/c1-8-9-10-14(11-12(2)3)16-18(22-7)19-15(13(4)5)17(20-16)21-6/h13,15-16H,8-10H2,1-7H3/t15-,16-/m0/s1. The van der Waals surface area contributed by atoms with E-state index in [-0.39, 0.29) is 12.1 Å². The number of rotatable bonds is 5. The summed E-state index contributed by atoms with van der Waals surface area (Å²) in [5.41, 5.74) is 5.71. The van der Waals surface area contributed by atoms with Crippen molar-refractivity contribution in [1.29, 1.82) is 0 Å². The second-order valence-corrected chi connectivity index (χ2v) is 6.19. The van der Waals surface area contributed by atoms with Crippen molar-refractivity contribution in [3.8, 4) is 0 Å². The fourth-order valence-electron chi connectivity index (χ4n) is 2.48. The molecule has 1 aliphatic heterocycles. The van der Waals surface area contributed by atoms with Crippen LogP contribution in [0.2, 0.25) is 0 Å². The van der Waals surface area contributed by atoms with E-state index in [1.54, 1.807) is 14.2 Å². The number of hydrogen-bond acceptors (Lipinski definition) is 4. The summed E-state index contributed by atoms with van der Waals surface area (Å²) in [5.74, 6) is 1.67. The van der Waals surface area contributed by atoms with Crippen molar-refractivity contribution >= 4 is 11.8 Å². The summed E-state index contributed by atoms with van der Waals surface area (Å²) in [4.78, 5) is 9.53. The second-order valence-electron chi connectivity index (χ2n) is 6.19. The Labute approximate surface area is 135 Å². The molecule has 0 N–H and O–H groups in total. The van der Waals surface area contributed by atoms with Crippen LogP contribution in [-0.4, -0.2) is 38.1 Å². The van der Waals surface area contributed by atoms with Crippen LogP contribution in [0.3, 0.4) is 0 Å². The van der Waals surface area contributed by atoms with Gasteiger partial charge in [0.05, 0.1) is 14.2 Å². The zero-order chi connectivity index (χ0) is 16.7. The summed E-state index contributed by atoms with van der Waals surface area (Å²) in [5, 5.41) is 0. The van der Waals surface area contributed by atoms with Gasteiger partial charge in [0.2, 0.25) is 11.8 Å². The molecule has 0 aromatic heterocycles. The molecule has 0 unspecified atom stereocenters. The van der Waals surface area contributed by atoms with Crippen molar-refractivity contribution in [2.24, 2.45) is 15.9 Å². The van der Waals surface area contributed by atoms with E-state index in [1.165, 1.54) is 0 Å². The first kappa shape index (κ1) is 18.5. The van der Waals surface area contributed by atoms with Gasteiger partial charge in [0.25, 0.3) is 0 Å². The third-order valence-corrected chi connectivity index (χ3v) is 3.60. The molecular formula is C18H30N2O2. The van der Waals surface area contributed by atoms with Crippen molar-refractivity contribution in [1.82, 2.24) is 0 Å². The highest BCUT2D eigenvalue weighted by Crippen LogP contribution is 2.24. The van der Waals surface area contributed by atoms with Gasteiger partial charge in [0.1, 0.15) is 6.04 Å². The average molecular weight is 306 g/mol. The molecule has 4 heteroatoms. The van der Waals surface area contributed by atoms with Gasteiger partial charge in [-0.25, -0.2) is 9.98 Å². The molecule has 1 heterocycles. The Balaban J connectivity index is 3.27. The lowest BCUT2D eigenvalue weighted by molar-refractivity contribution is 0.336. The van der Waals surface area contributed by atoms with Crippen molar-refractivity contribution in [3.63, 3.8) is 0 Å². The number of unbranched alkanes of at least 4 members (excludes halogenated alkanes) is 1. The minimum absolute atomic E-state index is 0.0738. The first-order valence-corrected chi connectivity index (χ1v) is 8.10. The first-order valence-electron chi connectivity index (χ1n) is 8.10. The second kappa shape index (κ2) is 8.79. The molecule has 124 valence electrons. The maximum Gasteiger partial charge on any atom is 0.214 e. The molecule has 1 rings (SSSR count). The van der Waals surface area contributed by atoms with Crippen molar-refractivity contribution in [3.05, 3.63) is 16.9 Å². The van der Waals surface area contributed by atoms with Crippen LogP contribution in [0.15, 0.2) is 26.9 Å². The van der Waals surface area contributed by atoms with Crippen LogP contribution in [0, 0.1) is 5.92 Å². The van der Waals surface area contributed by atoms with Gasteiger partial charge in [-0.2, -0.15) is 0 Å². The van der Waals surface area contributed by atoms with E-state index >= 15 is 0 Å². The van der Waals surface area contributed by atoms with Gasteiger partial charge < -0.3 is 9.47 Å². The minimum Gasteiger partial charge on any atom is -0.483 e. The molecule has 22 heavy (non-hydrogen) atoms. The molecule has 0 amide bonds. The van der Waals surface area contributed by atoms with Crippen LogP contribution in [0.5, 0.6) is 0 Å². The van der Waals surface area contributed by atoms with Crippen LogP contribution in [-0.2, 0) is 9.47 Å². The van der Waals surface area contributed by atoms with E-state index in [0.717, 1.165) is 30.4 Å². The summed E-state index contributed by atoms with van der Waals surface area (Å²) in [6.45, 7) is 10.5. The smallest absolute Gasteiger partial charge is 0.214 e. The van der Waals surface area contributed by atoms with E-state index in [1.807, 2.05) is 0 Å². The average Bonchev–Trinajstić information content (AvgIpc) is 2.49. The lowest BCUT2D eigenvalue weighted by Crippen LogP contribution is -2.38. The van der Waals surface area contributed by atoms with Crippen molar-refractivity contribution in [2.75, 3.05) is 14.2 Å². The highest BCUT2D eigenvalue weighted by Gasteiger charge is 2.32. The summed E-state index contributed by atoms with van der Waals surface area (Å²) >= 11 is 0. The van der Waals surface area contributed by atoms with E-state index in [9.17, 15) is 0 Å². The van der Waals surface area contributed by atoms with Gasteiger partial charge in [-0.1, -0.05) is 27.2 Å². The van der Waals surface area contributed by atoms with E-state index in [4.69, 9.17) is 19.5 Å². The fraction of sp³-hybridized carbons (Fsp3) is 0.722. The molecule has 4 nitrogen and oxygen atoms in total. The Morgan fingerprint density at radius 3 is 2.23 bits per heavy atom. The predicted molar refractivity (Wildman–Crippen MR) is 92.7 cm³/mol. The molecule has 0 saturated heterocycles. The summed E-state index contributed by atoms with van der Waals surface area (Å²) in [6, 6.07) is -0.285. The number of nitrogens with zero attached hydrogens (tertiary/aromatic N) is 2. The van der Waals surface area contributed by atoms with Crippen molar-refractivity contribution < 1.29 is 9.47 Å². The van der Waals surface area contributed by atoms with E-state index in [0.29, 0.717) is 17.7 Å². The van der Waals surface area contributed by atoms with Crippen molar-refractivity contribution in [2.45, 2.75) is 66.0 Å². The Morgan fingerprint density at radius 1 is 1.14 bits per heavy atom. The lowest BCUT2D eigenvalue weighted by atomic mass is 9.97. The van der Waals surface area contributed by atoms with Gasteiger partial charge in [0, 0.05) is 5.57 Å². The molecule has 0 radical (unpaired) electrons. The van der Waals surface area contributed by atoms with Crippen LogP contribution in [0.25, 0.3) is 0 Å². The molecule has 1 aliphatic rings. The first-order chi connectivity index (χ1) is 10.4. The normalized spacial score (nSPS) is 20.9. The summed E-state index contributed by atoms with van der Waals surface area (Å²) in [7, 11) is 3.32. The van der Waals surface area contributed by atoms with Gasteiger partial charge in [-0.05, 0) is 38.2 Å². The number of aliphatic imine (C=N–C) groups is 2. The molecule has 2 atom stereocenters. The summed E-state index contributed by atoms with van der Waals surface area (Å²) in [6.07, 6.45) is 3.19. The molecule has 0 saturated carbocycles. The molecule has 0 aromatic carbocycles. The quantitative estimate of drug-likeness (QED) is 0.716. The lowest BCUT2D eigenvalue weighted by Gasteiger charge is -2.27. The zero-order valence-corrected chi connectivity index (χ0v) is 15.1. The highest BCUT2D eigenvalue weighted by atomic mass is 16.5. The molecular weight excluding hydrogens is 276 g/mol. The molecule has 0 fully saturated rings. The molecule has 0 spiro atoms. The highest BCUT2D eigenvalue weighted by molar-refractivity contribution is 5.95. The Morgan fingerprint density at radius 2 is 1.77 bits per heavy atom. The maximum atomic E-state index is 5.54. The van der Waals surface area contributed by atoms with E-state index in [2.05, 4.69) is 40.3 Å². The number of ether oxygens (including phenoxy) is 2.